The Morgan fingerprint density at radius 1 is 1.15 bits per heavy atom. The molecular formula is C18H17F3N4O2. The number of hydrogen-bond donors (Lipinski definition) is 1. The summed E-state index contributed by atoms with van der Waals surface area (Å²) in [4.78, 5) is 12.0. The van der Waals surface area contributed by atoms with E-state index < -0.39 is 17.6 Å². The second-order valence-electron chi connectivity index (χ2n) is 6.19. The molecule has 1 amide bonds. The van der Waals surface area contributed by atoms with Gasteiger partial charge in [-0.2, -0.15) is 18.3 Å². The van der Waals surface area contributed by atoms with Crippen LogP contribution in [0.15, 0.2) is 34.9 Å². The van der Waals surface area contributed by atoms with Crippen molar-refractivity contribution in [2.45, 2.75) is 33.5 Å². The van der Waals surface area contributed by atoms with Crippen molar-refractivity contribution in [1.82, 2.24) is 20.3 Å². The minimum Gasteiger partial charge on any atom is -0.351 e. The maximum absolute atomic E-state index is 13.5. The average molecular weight is 378 g/mol. The van der Waals surface area contributed by atoms with Crippen LogP contribution in [0.3, 0.4) is 0 Å². The van der Waals surface area contributed by atoms with Crippen molar-refractivity contribution in [2.75, 3.05) is 0 Å². The molecule has 0 fully saturated rings. The molecule has 0 unspecified atom stereocenters. The van der Waals surface area contributed by atoms with Crippen molar-refractivity contribution in [3.8, 4) is 5.69 Å². The van der Waals surface area contributed by atoms with E-state index in [0.717, 1.165) is 11.8 Å². The zero-order valence-corrected chi connectivity index (χ0v) is 14.9. The molecule has 0 saturated heterocycles. The molecule has 0 aliphatic carbocycles. The topological polar surface area (TPSA) is 73.0 Å². The number of alkyl halides is 3. The average Bonchev–Trinajstić information content (AvgIpc) is 3.17. The predicted molar refractivity (Wildman–Crippen MR) is 90.5 cm³/mol. The van der Waals surface area contributed by atoms with Gasteiger partial charge in [0.05, 0.1) is 22.6 Å². The first-order valence-corrected chi connectivity index (χ1v) is 8.10. The Morgan fingerprint density at radius 2 is 1.89 bits per heavy atom. The van der Waals surface area contributed by atoms with Crippen LogP contribution in [0.25, 0.3) is 5.69 Å². The summed E-state index contributed by atoms with van der Waals surface area (Å²) in [6.07, 6.45) is -4.57. The van der Waals surface area contributed by atoms with Crippen LogP contribution in [0.5, 0.6) is 0 Å². The van der Waals surface area contributed by atoms with Gasteiger partial charge in [-0.1, -0.05) is 11.2 Å². The molecule has 0 spiro atoms. The third-order valence-electron chi connectivity index (χ3n) is 3.94. The molecule has 0 bridgehead atoms. The molecule has 9 heteroatoms. The van der Waals surface area contributed by atoms with Crippen LogP contribution in [0.1, 0.15) is 38.8 Å². The van der Waals surface area contributed by atoms with Crippen molar-refractivity contribution in [3.05, 3.63) is 64.3 Å². The van der Waals surface area contributed by atoms with E-state index in [9.17, 15) is 18.0 Å². The molecule has 3 rings (SSSR count). The maximum Gasteiger partial charge on any atom is 0.416 e. The number of nitrogens with one attached hydrogen (secondary N) is 1. The highest BCUT2D eigenvalue weighted by Crippen LogP contribution is 2.33. The Balaban J connectivity index is 1.88. The van der Waals surface area contributed by atoms with Gasteiger partial charge in [-0.25, -0.2) is 4.68 Å². The Morgan fingerprint density at radius 3 is 2.44 bits per heavy atom. The third kappa shape index (κ3) is 4.02. The zero-order chi connectivity index (χ0) is 19.8. The van der Waals surface area contributed by atoms with Gasteiger partial charge in [-0.05, 0) is 44.5 Å². The molecule has 0 aliphatic heterocycles. The summed E-state index contributed by atoms with van der Waals surface area (Å²) in [5.41, 5.74) is 1.35. The van der Waals surface area contributed by atoms with Crippen LogP contribution in [-0.4, -0.2) is 20.8 Å². The van der Waals surface area contributed by atoms with Crippen molar-refractivity contribution in [2.24, 2.45) is 0 Å². The quantitative estimate of drug-likeness (QED) is 0.751. The summed E-state index contributed by atoms with van der Waals surface area (Å²) in [6.45, 7) is 4.87. The minimum atomic E-state index is -4.57. The monoisotopic (exact) mass is 378 g/mol. The van der Waals surface area contributed by atoms with Gasteiger partial charge in [0, 0.05) is 18.3 Å². The molecular weight excluding hydrogens is 361 g/mol. The normalized spacial score (nSPS) is 11.6. The first kappa shape index (κ1) is 18.7. The van der Waals surface area contributed by atoms with E-state index in [4.69, 9.17) is 4.52 Å². The lowest BCUT2D eigenvalue weighted by molar-refractivity contribution is -0.138. The molecule has 0 saturated carbocycles. The van der Waals surface area contributed by atoms with Crippen LogP contribution < -0.4 is 5.32 Å². The number of nitrogens with zero attached hydrogens (tertiary/aromatic N) is 3. The van der Waals surface area contributed by atoms with Gasteiger partial charge in [0.25, 0.3) is 5.91 Å². The van der Waals surface area contributed by atoms with E-state index in [1.807, 2.05) is 0 Å². The van der Waals surface area contributed by atoms with Crippen molar-refractivity contribution in [1.29, 1.82) is 0 Å². The number of aromatic nitrogens is 3. The number of hydrogen-bond acceptors (Lipinski definition) is 4. The second kappa shape index (κ2) is 6.90. The standard InChI is InChI=1S/C18H17F3N4O2/c1-10-6-12(3)25(23-10)14-5-4-13(15(8-14)18(19,20)21)9-22-17(26)16-7-11(2)24-27-16/h4-8H,9H2,1-3H3,(H,22,26). The number of amides is 1. The molecule has 0 atom stereocenters. The molecule has 2 heterocycles. The molecule has 1 aromatic carbocycles. The Hall–Kier alpha value is -3.10. The van der Waals surface area contributed by atoms with E-state index >= 15 is 0 Å². The van der Waals surface area contributed by atoms with Gasteiger partial charge >= 0.3 is 6.18 Å². The van der Waals surface area contributed by atoms with Gasteiger partial charge < -0.3 is 9.84 Å². The first-order chi connectivity index (χ1) is 12.6. The van der Waals surface area contributed by atoms with E-state index in [0.29, 0.717) is 17.1 Å². The van der Waals surface area contributed by atoms with E-state index in [-0.39, 0.29) is 17.9 Å². The predicted octanol–water partition coefficient (Wildman–Crippen LogP) is 3.73. The fourth-order valence-corrected chi connectivity index (χ4v) is 2.74. The molecule has 0 radical (unpaired) electrons. The number of rotatable bonds is 4. The summed E-state index contributed by atoms with van der Waals surface area (Å²) < 4.78 is 46.8. The van der Waals surface area contributed by atoms with Crippen LogP contribution in [0.2, 0.25) is 0 Å². The lowest BCUT2D eigenvalue weighted by Gasteiger charge is -2.15. The first-order valence-electron chi connectivity index (χ1n) is 8.10. The SMILES string of the molecule is Cc1cc(C(=O)NCc2ccc(-n3nc(C)cc3C)cc2C(F)(F)F)on1. The fraction of sp³-hybridized carbons (Fsp3) is 0.278. The lowest BCUT2D eigenvalue weighted by atomic mass is 10.1. The highest BCUT2D eigenvalue weighted by molar-refractivity contribution is 5.91. The number of carbonyl (C=O) groups excluding carboxylic acids is 1. The molecule has 2 aromatic heterocycles. The highest BCUT2D eigenvalue weighted by Gasteiger charge is 2.34. The fourth-order valence-electron chi connectivity index (χ4n) is 2.74. The maximum atomic E-state index is 13.5. The molecule has 3 aromatic rings. The molecule has 6 nitrogen and oxygen atoms in total. The number of halogens is 3. The van der Waals surface area contributed by atoms with Crippen LogP contribution in [0, 0.1) is 20.8 Å². The number of benzene rings is 1. The van der Waals surface area contributed by atoms with E-state index in [1.54, 1.807) is 26.8 Å². The largest absolute Gasteiger partial charge is 0.416 e. The molecule has 142 valence electrons. The van der Waals surface area contributed by atoms with Gasteiger partial charge in [0.2, 0.25) is 5.76 Å². The highest BCUT2D eigenvalue weighted by atomic mass is 19.4. The number of carbonyl (C=O) groups is 1. The zero-order valence-electron chi connectivity index (χ0n) is 14.9. The summed E-state index contributed by atoms with van der Waals surface area (Å²) in [6, 6.07) is 7.08. The number of aryl methyl sites for hydroxylation is 3. The van der Waals surface area contributed by atoms with Crippen LogP contribution in [-0.2, 0) is 12.7 Å². The van der Waals surface area contributed by atoms with Crippen LogP contribution >= 0.6 is 0 Å². The van der Waals surface area contributed by atoms with Gasteiger partial charge in [0.1, 0.15) is 0 Å². The van der Waals surface area contributed by atoms with Crippen molar-refractivity contribution < 1.29 is 22.5 Å². The van der Waals surface area contributed by atoms with Crippen LogP contribution in [0.4, 0.5) is 13.2 Å². The summed E-state index contributed by atoms with van der Waals surface area (Å²) >= 11 is 0. The Kier molecular flexibility index (Phi) is 4.77. The Bertz CT molecular complexity index is 989. The molecule has 27 heavy (non-hydrogen) atoms. The molecule has 1 N–H and O–H groups in total. The van der Waals surface area contributed by atoms with Crippen molar-refractivity contribution in [3.63, 3.8) is 0 Å². The van der Waals surface area contributed by atoms with E-state index in [2.05, 4.69) is 15.6 Å². The minimum absolute atomic E-state index is 0.0553. The van der Waals surface area contributed by atoms with Gasteiger partial charge in [0.15, 0.2) is 0 Å². The molecule has 0 aliphatic rings. The lowest BCUT2D eigenvalue weighted by Crippen LogP contribution is -2.24. The van der Waals surface area contributed by atoms with Gasteiger partial charge in [-0.15, -0.1) is 0 Å². The second-order valence-corrected chi connectivity index (χ2v) is 6.19. The summed E-state index contributed by atoms with van der Waals surface area (Å²) in [7, 11) is 0. The summed E-state index contributed by atoms with van der Waals surface area (Å²) in [5, 5.41) is 10.2. The van der Waals surface area contributed by atoms with E-state index in [1.165, 1.54) is 22.9 Å². The van der Waals surface area contributed by atoms with Crippen molar-refractivity contribution >= 4 is 5.91 Å². The Labute approximate surface area is 153 Å². The van der Waals surface area contributed by atoms with Gasteiger partial charge in [-0.3, -0.25) is 4.79 Å². The summed E-state index contributed by atoms with van der Waals surface area (Å²) in [5.74, 6) is -0.688. The third-order valence-corrected chi connectivity index (χ3v) is 3.94. The smallest absolute Gasteiger partial charge is 0.351 e.